The maximum atomic E-state index is 12.6. The van der Waals surface area contributed by atoms with Gasteiger partial charge >= 0.3 is 12.1 Å². The monoisotopic (exact) mass is 334 g/mol. The Hall–Kier alpha value is -3.23. The highest BCUT2D eigenvalue weighted by Crippen LogP contribution is 2.31. The zero-order chi connectivity index (χ0) is 17.3. The van der Waals surface area contributed by atoms with Gasteiger partial charge < -0.3 is 5.11 Å². The van der Waals surface area contributed by atoms with Crippen LogP contribution in [-0.4, -0.2) is 31.3 Å². The molecule has 3 aromatic rings. The van der Waals surface area contributed by atoms with Crippen LogP contribution in [0.25, 0.3) is 16.8 Å². The van der Waals surface area contributed by atoms with E-state index in [4.69, 9.17) is 0 Å². The van der Waals surface area contributed by atoms with Gasteiger partial charge in [-0.2, -0.15) is 13.2 Å². The zero-order valence-electron chi connectivity index (χ0n) is 11.9. The van der Waals surface area contributed by atoms with E-state index in [9.17, 15) is 23.1 Å². The van der Waals surface area contributed by atoms with Gasteiger partial charge in [0.1, 0.15) is 6.33 Å². The van der Waals surface area contributed by atoms with Gasteiger partial charge in [0.15, 0.2) is 0 Å². The van der Waals surface area contributed by atoms with E-state index in [1.165, 1.54) is 35.3 Å². The number of carboxylic acids is 1. The number of carbonyl (C=O) groups is 1. The lowest BCUT2D eigenvalue weighted by atomic mass is 10.0. The van der Waals surface area contributed by atoms with Crippen LogP contribution in [0.4, 0.5) is 13.2 Å². The molecule has 0 fully saturated rings. The molecule has 0 amide bonds. The molecule has 1 heterocycles. The summed E-state index contributed by atoms with van der Waals surface area (Å²) in [6.45, 7) is 0. The summed E-state index contributed by atoms with van der Waals surface area (Å²) in [7, 11) is 0. The van der Waals surface area contributed by atoms with Crippen LogP contribution in [0.2, 0.25) is 0 Å². The van der Waals surface area contributed by atoms with Crippen molar-refractivity contribution in [2.24, 2.45) is 0 Å². The highest BCUT2D eigenvalue weighted by Gasteiger charge is 2.30. The first-order chi connectivity index (χ1) is 11.3. The summed E-state index contributed by atoms with van der Waals surface area (Å²) < 4.78 is 39.2. The van der Waals surface area contributed by atoms with Crippen molar-refractivity contribution >= 4 is 5.97 Å². The van der Waals surface area contributed by atoms with E-state index >= 15 is 0 Å². The van der Waals surface area contributed by atoms with E-state index in [-0.39, 0.29) is 5.56 Å². The second-order valence-electron chi connectivity index (χ2n) is 4.90. The number of halogens is 3. The number of nitrogens with zero attached hydrogens (tertiary/aromatic N) is 4. The number of carboxylic acid groups (broad SMARTS) is 1. The molecule has 0 radical (unpaired) electrons. The second-order valence-corrected chi connectivity index (χ2v) is 4.90. The largest absolute Gasteiger partial charge is 0.478 e. The van der Waals surface area contributed by atoms with E-state index in [0.29, 0.717) is 16.8 Å². The molecule has 0 aliphatic carbocycles. The molecular weight excluding hydrogens is 325 g/mol. The quantitative estimate of drug-likeness (QED) is 0.796. The maximum Gasteiger partial charge on any atom is 0.416 e. The van der Waals surface area contributed by atoms with Crippen LogP contribution in [0.3, 0.4) is 0 Å². The lowest BCUT2D eigenvalue weighted by Gasteiger charge is -2.10. The third kappa shape index (κ3) is 3.09. The van der Waals surface area contributed by atoms with Crippen LogP contribution in [0.5, 0.6) is 0 Å². The molecule has 0 saturated carbocycles. The Bertz CT molecular complexity index is 875. The number of tetrazole rings is 1. The van der Waals surface area contributed by atoms with Crippen LogP contribution in [0.1, 0.15) is 15.9 Å². The van der Waals surface area contributed by atoms with Gasteiger partial charge in [0.2, 0.25) is 0 Å². The summed E-state index contributed by atoms with van der Waals surface area (Å²) in [5, 5.41) is 19.8. The van der Waals surface area contributed by atoms with Gasteiger partial charge in [-0.25, -0.2) is 9.48 Å². The van der Waals surface area contributed by atoms with E-state index in [1.54, 1.807) is 6.07 Å². The van der Waals surface area contributed by atoms with Gasteiger partial charge in [-0.15, -0.1) is 5.10 Å². The summed E-state index contributed by atoms with van der Waals surface area (Å²) in [5.41, 5.74) is 0.462. The van der Waals surface area contributed by atoms with Crippen molar-refractivity contribution in [3.63, 3.8) is 0 Å². The molecule has 0 unspecified atom stereocenters. The lowest BCUT2D eigenvalue weighted by Crippen LogP contribution is -2.04. The molecule has 0 spiro atoms. The normalized spacial score (nSPS) is 11.5. The van der Waals surface area contributed by atoms with Gasteiger partial charge in [0.25, 0.3) is 0 Å². The minimum Gasteiger partial charge on any atom is -0.478 e. The Morgan fingerprint density at radius 2 is 1.75 bits per heavy atom. The molecule has 24 heavy (non-hydrogen) atoms. The average Bonchev–Trinajstić information content (AvgIpc) is 3.08. The van der Waals surface area contributed by atoms with Crippen LogP contribution in [0, 0.1) is 0 Å². The average molecular weight is 334 g/mol. The summed E-state index contributed by atoms with van der Waals surface area (Å²) in [4.78, 5) is 11.3. The van der Waals surface area contributed by atoms with Gasteiger partial charge in [-0.1, -0.05) is 12.1 Å². The van der Waals surface area contributed by atoms with E-state index in [1.807, 2.05) is 0 Å². The van der Waals surface area contributed by atoms with E-state index in [0.717, 1.165) is 12.1 Å². The van der Waals surface area contributed by atoms with Crippen molar-refractivity contribution in [3.8, 4) is 16.8 Å². The lowest BCUT2D eigenvalue weighted by molar-refractivity contribution is -0.137. The van der Waals surface area contributed by atoms with Crippen LogP contribution < -0.4 is 0 Å². The summed E-state index contributed by atoms with van der Waals surface area (Å²) in [6.07, 6.45) is -3.14. The molecule has 0 saturated heterocycles. The zero-order valence-corrected chi connectivity index (χ0v) is 11.9. The first-order valence-electron chi connectivity index (χ1n) is 6.64. The fourth-order valence-electron chi connectivity index (χ4n) is 2.16. The molecule has 0 bridgehead atoms. The molecule has 6 nitrogen and oxygen atoms in total. The second kappa shape index (κ2) is 5.76. The van der Waals surface area contributed by atoms with Crippen molar-refractivity contribution in [1.82, 2.24) is 20.2 Å². The number of hydrogen-bond acceptors (Lipinski definition) is 4. The molecule has 0 aliphatic heterocycles. The summed E-state index contributed by atoms with van der Waals surface area (Å²) in [6, 6.07) is 8.79. The molecule has 2 aromatic carbocycles. The van der Waals surface area contributed by atoms with Gasteiger partial charge in [-0.3, -0.25) is 0 Å². The smallest absolute Gasteiger partial charge is 0.416 e. The number of aromatic nitrogens is 4. The molecule has 0 aliphatic rings. The molecule has 9 heteroatoms. The molecule has 1 N–H and O–H groups in total. The SMILES string of the molecule is O=C(O)c1cc(-c2ccc(C(F)(F)F)cc2)cc(-n2cnnn2)c1. The Morgan fingerprint density at radius 3 is 2.29 bits per heavy atom. The minimum absolute atomic E-state index is 0.0297. The first-order valence-corrected chi connectivity index (χ1v) is 6.64. The predicted molar refractivity (Wildman–Crippen MR) is 76.6 cm³/mol. The third-order valence-corrected chi connectivity index (χ3v) is 3.32. The van der Waals surface area contributed by atoms with Crippen molar-refractivity contribution in [1.29, 1.82) is 0 Å². The van der Waals surface area contributed by atoms with Gasteiger partial charge in [0.05, 0.1) is 16.8 Å². The van der Waals surface area contributed by atoms with Gasteiger partial charge in [0, 0.05) is 0 Å². The Kier molecular flexibility index (Phi) is 3.76. The van der Waals surface area contributed by atoms with Crippen molar-refractivity contribution in [3.05, 3.63) is 59.9 Å². The number of hydrogen-bond donors (Lipinski definition) is 1. The van der Waals surface area contributed by atoms with Crippen molar-refractivity contribution in [2.45, 2.75) is 6.18 Å². The standard InChI is InChI=1S/C15H9F3N4O2/c16-15(17,18)12-3-1-9(2-4-12)10-5-11(14(23)24)7-13(6-10)22-8-19-20-21-22/h1-8H,(H,23,24). The number of alkyl halides is 3. The predicted octanol–water partition coefficient (Wildman–Crippen LogP) is 3.05. The molecule has 122 valence electrons. The molecule has 3 rings (SSSR count). The molecule has 0 atom stereocenters. The number of aromatic carboxylic acids is 1. The van der Waals surface area contributed by atoms with Crippen molar-refractivity contribution in [2.75, 3.05) is 0 Å². The summed E-state index contributed by atoms with van der Waals surface area (Å²) in [5.74, 6) is -1.17. The highest BCUT2D eigenvalue weighted by molar-refractivity contribution is 5.90. The Balaban J connectivity index is 2.08. The van der Waals surface area contributed by atoms with Crippen molar-refractivity contribution < 1.29 is 23.1 Å². The van der Waals surface area contributed by atoms with Gasteiger partial charge in [-0.05, 0) is 51.9 Å². The highest BCUT2D eigenvalue weighted by atomic mass is 19.4. The molecular formula is C15H9F3N4O2. The summed E-state index contributed by atoms with van der Waals surface area (Å²) >= 11 is 0. The third-order valence-electron chi connectivity index (χ3n) is 3.32. The van der Waals surface area contributed by atoms with Crippen LogP contribution in [-0.2, 0) is 6.18 Å². The Labute approximate surface area is 133 Å². The van der Waals surface area contributed by atoms with E-state index in [2.05, 4.69) is 15.5 Å². The first kappa shape index (κ1) is 15.7. The number of benzene rings is 2. The fourth-order valence-corrected chi connectivity index (χ4v) is 2.16. The van der Waals surface area contributed by atoms with E-state index < -0.39 is 17.7 Å². The van der Waals surface area contributed by atoms with Crippen LogP contribution in [0.15, 0.2) is 48.8 Å². The number of rotatable bonds is 3. The topological polar surface area (TPSA) is 80.9 Å². The molecule has 1 aromatic heterocycles. The Morgan fingerprint density at radius 1 is 1.04 bits per heavy atom. The maximum absolute atomic E-state index is 12.6. The van der Waals surface area contributed by atoms with Crippen LogP contribution >= 0.6 is 0 Å². The minimum atomic E-state index is -4.43. The fraction of sp³-hybridized carbons (Fsp3) is 0.0667.